The van der Waals surface area contributed by atoms with Crippen LogP contribution in [0.15, 0.2) is 18.2 Å². The summed E-state index contributed by atoms with van der Waals surface area (Å²) in [7, 11) is 0. The van der Waals surface area contributed by atoms with Gasteiger partial charge in [0.2, 0.25) is 0 Å². The number of amides is 1. The standard InChI is InChI=1S/C21H31NO5/c1-5-25-18-11-10-16(12-19(18)26-6-2)21(24)27-13-20(23)22-17-9-7-8-14(3)15(17)4/h10-12,14-15,17H,5-9,13H2,1-4H3,(H,22,23)/t14-,15+,17+/m0/s1. The van der Waals surface area contributed by atoms with E-state index in [0.717, 1.165) is 12.8 Å². The first-order chi connectivity index (χ1) is 13.0. The molecule has 1 aliphatic carbocycles. The van der Waals surface area contributed by atoms with Crippen molar-refractivity contribution in [1.82, 2.24) is 5.32 Å². The second kappa shape index (κ2) is 10.2. The van der Waals surface area contributed by atoms with Crippen LogP contribution in [0.4, 0.5) is 0 Å². The number of hydrogen-bond acceptors (Lipinski definition) is 5. The monoisotopic (exact) mass is 377 g/mol. The van der Waals surface area contributed by atoms with Gasteiger partial charge in [-0.3, -0.25) is 4.79 Å². The Bertz CT molecular complexity index is 645. The molecule has 0 aromatic heterocycles. The maximum absolute atomic E-state index is 12.3. The van der Waals surface area contributed by atoms with Crippen LogP contribution in [0.5, 0.6) is 11.5 Å². The van der Waals surface area contributed by atoms with E-state index in [1.807, 2.05) is 13.8 Å². The normalized spacial score (nSPS) is 22.0. The molecule has 0 unspecified atom stereocenters. The number of hydrogen-bond donors (Lipinski definition) is 1. The van der Waals surface area contributed by atoms with Crippen LogP contribution in [0.25, 0.3) is 0 Å². The lowest BCUT2D eigenvalue weighted by atomic mass is 9.78. The molecule has 1 aromatic carbocycles. The van der Waals surface area contributed by atoms with Gasteiger partial charge in [0.05, 0.1) is 18.8 Å². The highest BCUT2D eigenvalue weighted by Crippen LogP contribution is 2.30. The Morgan fingerprint density at radius 2 is 1.78 bits per heavy atom. The van der Waals surface area contributed by atoms with Crippen molar-refractivity contribution in [1.29, 1.82) is 0 Å². The molecule has 1 amide bonds. The molecule has 27 heavy (non-hydrogen) atoms. The topological polar surface area (TPSA) is 73.9 Å². The van der Waals surface area contributed by atoms with E-state index < -0.39 is 5.97 Å². The van der Waals surface area contributed by atoms with Crippen molar-refractivity contribution in [3.05, 3.63) is 23.8 Å². The zero-order valence-electron chi connectivity index (χ0n) is 16.7. The Morgan fingerprint density at radius 1 is 1.07 bits per heavy atom. The van der Waals surface area contributed by atoms with Crippen LogP contribution in [0, 0.1) is 11.8 Å². The molecule has 0 bridgehead atoms. The Labute approximate surface area is 161 Å². The van der Waals surface area contributed by atoms with Crippen molar-refractivity contribution in [3.63, 3.8) is 0 Å². The van der Waals surface area contributed by atoms with E-state index >= 15 is 0 Å². The summed E-state index contributed by atoms with van der Waals surface area (Å²) in [5, 5.41) is 3.00. The first-order valence-corrected chi connectivity index (χ1v) is 9.82. The predicted molar refractivity (Wildman–Crippen MR) is 103 cm³/mol. The third kappa shape index (κ3) is 5.88. The summed E-state index contributed by atoms with van der Waals surface area (Å²) >= 11 is 0. The largest absolute Gasteiger partial charge is 0.490 e. The number of benzene rings is 1. The van der Waals surface area contributed by atoms with Gasteiger partial charge >= 0.3 is 5.97 Å². The Balaban J connectivity index is 1.91. The van der Waals surface area contributed by atoms with Gasteiger partial charge in [-0.1, -0.05) is 26.7 Å². The van der Waals surface area contributed by atoms with E-state index in [1.165, 1.54) is 6.42 Å². The predicted octanol–water partition coefficient (Wildman–Crippen LogP) is 3.58. The number of nitrogens with one attached hydrogen (secondary N) is 1. The van der Waals surface area contributed by atoms with Gasteiger partial charge in [-0.2, -0.15) is 0 Å². The molecular formula is C21H31NO5. The van der Waals surface area contributed by atoms with E-state index in [-0.39, 0.29) is 18.6 Å². The number of rotatable bonds is 8. The van der Waals surface area contributed by atoms with Crippen molar-refractivity contribution in [2.45, 2.75) is 53.0 Å². The summed E-state index contributed by atoms with van der Waals surface area (Å²) in [5.74, 6) is 1.27. The molecule has 0 radical (unpaired) electrons. The molecule has 150 valence electrons. The van der Waals surface area contributed by atoms with E-state index in [9.17, 15) is 9.59 Å². The highest BCUT2D eigenvalue weighted by atomic mass is 16.5. The van der Waals surface area contributed by atoms with Crippen molar-refractivity contribution in [2.24, 2.45) is 11.8 Å². The first-order valence-electron chi connectivity index (χ1n) is 9.82. The van der Waals surface area contributed by atoms with Crippen molar-refractivity contribution in [3.8, 4) is 11.5 Å². The fourth-order valence-electron chi connectivity index (χ4n) is 3.43. The summed E-state index contributed by atoms with van der Waals surface area (Å²) in [6, 6.07) is 5.02. The lowest BCUT2D eigenvalue weighted by Crippen LogP contribution is -2.45. The fraction of sp³-hybridized carbons (Fsp3) is 0.619. The van der Waals surface area contributed by atoms with Crippen LogP contribution in [0.3, 0.4) is 0 Å². The van der Waals surface area contributed by atoms with Crippen LogP contribution >= 0.6 is 0 Å². The molecule has 3 atom stereocenters. The Morgan fingerprint density at radius 3 is 2.48 bits per heavy atom. The SMILES string of the molecule is CCOc1ccc(C(=O)OCC(=O)N[C@@H]2CCC[C@H](C)[C@H]2C)cc1OCC. The Hall–Kier alpha value is -2.24. The van der Waals surface area contributed by atoms with Crippen molar-refractivity contribution < 1.29 is 23.8 Å². The summed E-state index contributed by atoms with van der Waals surface area (Å²) < 4.78 is 16.2. The van der Waals surface area contributed by atoms with Gasteiger partial charge in [-0.05, 0) is 50.3 Å². The fourth-order valence-corrected chi connectivity index (χ4v) is 3.43. The highest BCUT2D eigenvalue weighted by molar-refractivity contribution is 5.92. The van der Waals surface area contributed by atoms with Gasteiger partial charge in [0, 0.05) is 6.04 Å². The minimum atomic E-state index is -0.556. The van der Waals surface area contributed by atoms with Crippen LogP contribution in [0.1, 0.15) is 57.3 Å². The molecule has 1 saturated carbocycles. The lowest BCUT2D eigenvalue weighted by Gasteiger charge is -2.34. The van der Waals surface area contributed by atoms with Crippen LogP contribution in [-0.4, -0.2) is 37.7 Å². The molecule has 1 N–H and O–H groups in total. The molecule has 1 aromatic rings. The third-order valence-electron chi connectivity index (χ3n) is 5.17. The van der Waals surface area contributed by atoms with E-state index in [0.29, 0.717) is 42.1 Å². The molecule has 2 rings (SSSR count). The third-order valence-corrected chi connectivity index (χ3v) is 5.17. The zero-order valence-corrected chi connectivity index (χ0v) is 16.7. The molecule has 1 fully saturated rings. The number of esters is 1. The summed E-state index contributed by atoms with van der Waals surface area (Å²) in [4.78, 5) is 24.5. The second-order valence-corrected chi connectivity index (χ2v) is 7.04. The van der Waals surface area contributed by atoms with E-state index in [2.05, 4.69) is 19.2 Å². The zero-order chi connectivity index (χ0) is 19.8. The highest BCUT2D eigenvalue weighted by Gasteiger charge is 2.28. The van der Waals surface area contributed by atoms with E-state index in [1.54, 1.807) is 18.2 Å². The van der Waals surface area contributed by atoms with Crippen LogP contribution < -0.4 is 14.8 Å². The van der Waals surface area contributed by atoms with Gasteiger partial charge < -0.3 is 19.5 Å². The summed E-state index contributed by atoms with van der Waals surface area (Å²) in [6.45, 7) is 8.79. The van der Waals surface area contributed by atoms with Crippen LogP contribution in [0.2, 0.25) is 0 Å². The average Bonchev–Trinajstić information content (AvgIpc) is 2.65. The summed E-state index contributed by atoms with van der Waals surface area (Å²) in [6.07, 6.45) is 3.28. The van der Waals surface area contributed by atoms with E-state index in [4.69, 9.17) is 14.2 Å². The number of carbonyl (C=O) groups excluding carboxylic acids is 2. The van der Waals surface area contributed by atoms with Gasteiger partial charge in [0.25, 0.3) is 5.91 Å². The minimum absolute atomic E-state index is 0.148. The molecule has 6 nitrogen and oxygen atoms in total. The van der Waals surface area contributed by atoms with Gasteiger partial charge in [-0.25, -0.2) is 4.79 Å². The maximum Gasteiger partial charge on any atom is 0.338 e. The molecule has 6 heteroatoms. The first kappa shape index (κ1) is 21.1. The molecule has 0 spiro atoms. The molecule has 0 heterocycles. The number of carbonyl (C=O) groups is 2. The molecule has 0 aliphatic heterocycles. The smallest absolute Gasteiger partial charge is 0.338 e. The quantitative estimate of drug-likeness (QED) is 0.701. The summed E-state index contributed by atoms with van der Waals surface area (Å²) in [5.41, 5.74) is 0.328. The molecule has 1 aliphatic rings. The van der Waals surface area contributed by atoms with Crippen LogP contribution in [-0.2, 0) is 9.53 Å². The maximum atomic E-state index is 12.3. The van der Waals surface area contributed by atoms with Crippen molar-refractivity contribution in [2.75, 3.05) is 19.8 Å². The lowest BCUT2D eigenvalue weighted by molar-refractivity contribution is -0.125. The molecular weight excluding hydrogens is 346 g/mol. The second-order valence-electron chi connectivity index (χ2n) is 7.04. The number of ether oxygens (including phenoxy) is 3. The van der Waals surface area contributed by atoms with Gasteiger partial charge in [-0.15, -0.1) is 0 Å². The molecule has 0 saturated heterocycles. The van der Waals surface area contributed by atoms with Crippen molar-refractivity contribution >= 4 is 11.9 Å². The Kier molecular flexibility index (Phi) is 7.95. The van der Waals surface area contributed by atoms with Gasteiger partial charge in [0.15, 0.2) is 18.1 Å². The average molecular weight is 377 g/mol. The van der Waals surface area contributed by atoms with Gasteiger partial charge in [0.1, 0.15) is 0 Å². The minimum Gasteiger partial charge on any atom is -0.490 e.